The summed E-state index contributed by atoms with van der Waals surface area (Å²) in [5.74, 6) is 0.507. The monoisotopic (exact) mass is 273 g/mol. The number of nitrogen functional groups attached to an aromatic ring is 1. The number of primary amides is 1. The number of nitrogens with two attached hydrogens (primary N) is 2. The fourth-order valence-electron chi connectivity index (χ4n) is 0.977. The first-order chi connectivity index (χ1) is 7.08. The Morgan fingerprint density at radius 2 is 2.27 bits per heavy atom. The highest BCUT2D eigenvalue weighted by Gasteiger charge is 2.00. The predicted molar refractivity (Wildman–Crippen MR) is 61.1 cm³/mol. The number of rotatable bonds is 5. The molecule has 82 valence electrons. The van der Waals surface area contributed by atoms with Gasteiger partial charge < -0.3 is 16.8 Å². The van der Waals surface area contributed by atoms with Gasteiger partial charge in [0.25, 0.3) is 0 Å². The molecule has 1 aromatic heterocycles. The summed E-state index contributed by atoms with van der Waals surface area (Å²) in [6, 6.07) is 1.61. The molecule has 0 spiro atoms. The van der Waals surface area contributed by atoms with Crippen LogP contribution < -0.4 is 16.8 Å². The number of nitrogens with one attached hydrogen (secondary N) is 1. The van der Waals surface area contributed by atoms with E-state index in [1.54, 1.807) is 6.07 Å². The molecule has 1 aromatic rings. The Labute approximate surface area is 95.6 Å². The van der Waals surface area contributed by atoms with Crippen molar-refractivity contribution in [2.45, 2.75) is 12.8 Å². The molecule has 0 unspecified atom stereocenters. The molecule has 0 saturated carbocycles. The van der Waals surface area contributed by atoms with Crippen LogP contribution in [0.1, 0.15) is 12.8 Å². The lowest BCUT2D eigenvalue weighted by Crippen LogP contribution is -2.13. The van der Waals surface area contributed by atoms with Crippen LogP contribution in [0.15, 0.2) is 10.7 Å². The Bertz CT molecular complexity index is 337. The van der Waals surface area contributed by atoms with E-state index in [-0.39, 0.29) is 5.91 Å². The summed E-state index contributed by atoms with van der Waals surface area (Å²) in [6.07, 6.45) is 0.988. The molecule has 0 aromatic carbocycles. The standard InChI is InChI=1S/C8H12BrN5O/c9-5-4-6(10)14-8(13-5)12-3-1-2-7(11)15/h4H,1-3H2,(H2,11,15)(H3,10,12,13,14). The van der Waals surface area contributed by atoms with Crippen LogP contribution in [-0.4, -0.2) is 22.4 Å². The number of carbonyl (C=O) groups excluding carboxylic acids is 1. The number of aromatic nitrogens is 2. The number of hydrogen-bond donors (Lipinski definition) is 3. The van der Waals surface area contributed by atoms with Gasteiger partial charge in [-0.15, -0.1) is 0 Å². The second kappa shape index (κ2) is 5.50. The van der Waals surface area contributed by atoms with Crippen molar-refractivity contribution in [1.82, 2.24) is 9.97 Å². The summed E-state index contributed by atoms with van der Waals surface area (Å²) in [4.78, 5) is 18.5. The lowest BCUT2D eigenvalue weighted by molar-refractivity contribution is -0.118. The minimum absolute atomic E-state index is 0.313. The van der Waals surface area contributed by atoms with Crippen LogP contribution in [0.3, 0.4) is 0 Å². The Morgan fingerprint density at radius 3 is 2.87 bits per heavy atom. The number of nitrogens with zero attached hydrogens (tertiary/aromatic N) is 2. The Morgan fingerprint density at radius 1 is 1.53 bits per heavy atom. The molecule has 5 N–H and O–H groups in total. The van der Waals surface area contributed by atoms with E-state index in [0.717, 1.165) is 0 Å². The summed E-state index contributed by atoms with van der Waals surface area (Å²) in [7, 11) is 0. The fourth-order valence-corrected chi connectivity index (χ4v) is 1.38. The van der Waals surface area contributed by atoms with Crippen molar-refractivity contribution in [3.63, 3.8) is 0 Å². The molecule has 0 bridgehead atoms. The van der Waals surface area contributed by atoms with Crippen molar-refractivity contribution in [1.29, 1.82) is 0 Å². The van der Waals surface area contributed by atoms with E-state index in [4.69, 9.17) is 11.5 Å². The second-order valence-corrected chi connectivity index (χ2v) is 3.75. The van der Waals surface area contributed by atoms with E-state index >= 15 is 0 Å². The van der Waals surface area contributed by atoms with Gasteiger partial charge in [0.05, 0.1) is 0 Å². The van der Waals surface area contributed by atoms with E-state index in [1.165, 1.54) is 0 Å². The highest BCUT2D eigenvalue weighted by atomic mass is 79.9. The van der Waals surface area contributed by atoms with Crippen molar-refractivity contribution >= 4 is 33.6 Å². The summed E-state index contributed by atoms with van der Waals surface area (Å²) in [5.41, 5.74) is 10.5. The molecular weight excluding hydrogens is 262 g/mol. The van der Waals surface area contributed by atoms with Gasteiger partial charge in [-0.05, 0) is 22.4 Å². The molecule has 0 aliphatic rings. The molecule has 1 heterocycles. The SMILES string of the molecule is NC(=O)CCCNc1nc(N)cc(Br)n1. The Kier molecular flexibility index (Phi) is 4.29. The van der Waals surface area contributed by atoms with Gasteiger partial charge in [0.1, 0.15) is 10.4 Å². The predicted octanol–water partition coefficient (Wildman–Crippen LogP) is 0.499. The molecule has 7 heteroatoms. The van der Waals surface area contributed by atoms with Crippen LogP contribution in [0, 0.1) is 0 Å². The quantitative estimate of drug-likeness (QED) is 0.535. The van der Waals surface area contributed by atoms with Crippen LogP contribution in [0.4, 0.5) is 11.8 Å². The van der Waals surface area contributed by atoms with E-state index in [1.807, 2.05) is 0 Å². The number of amides is 1. The number of halogens is 1. The van der Waals surface area contributed by atoms with Crippen LogP contribution in [0.2, 0.25) is 0 Å². The van der Waals surface area contributed by atoms with Crippen molar-refractivity contribution in [2.24, 2.45) is 5.73 Å². The summed E-state index contributed by atoms with van der Waals surface area (Å²) in [5, 5.41) is 2.94. The fraction of sp³-hybridized carbons (Fsp3) is 0.375. The highest BCUT2D eigenvalue weighted by molar-refractivity contribution is 9.10. The van der Waals surface area contributed by atoms with Gasteiger partial charge in [-0.3, -0.25) is 4.79 Å². The van der Waals surface area contributed by atoms with E-state index < -0.39 is 0 Å². The Hall–Kier alpha value is -1.37. The molecule has 0 aliphatic heterocycles. The molecule has 1 rings (SSSR count). The zero-order valence-electron chi connectivity index (χ0n) is 8.03. The van der Waals surface area contributed by atoms with Crippen LogP contribution in [-0.2, 0) is 4.79 Å². The lowest BCUT2D eigenvalue weighted by atomic mass is 10.3. The Balaban J connectivity index is 2.40. The van der Waals surface area contributed by atoms with Gasteiger partial charge >= 0.3 is 0 Å². The van der Waals surface area contributed by atoms with Crippen molar-refractivity contribution in [3.05, 3.63) is 10.7 Å². The number of anilines is 2. The van der Waals surface area contributed by atoms with Gasteiger partial charge in [0.15, 0.2) is 0 Å². The third-order valence-corrected chi connectivity index (χ3v) is 2.00. The zero-order valence-corrected chi connectivity index (χ0v) is 9.62. The first-order valence-corrected chi connectivity index (χ1v) is 5.19. The van der Waals surface area contributed by atoms with Crippen molar-refractivity contribution in [3.8, 4) is 0 Å². The lowest BCUT2D eigenvalue weighted by Gasteiger charge is -2.04. The number of carbonyl (C=O) groups is 1. The normalized spacial score (nSPS) is 9.93. The maximum absolute atomic E-state index is 10.5. The minimum atomic E-state index is -0.313. The molecule has 0 atom stereocenters. The largest absolute Gasteiger partial charge is 0.383 e. The van der Waals surface area contributed by atoms with Crippen molar-refractivity contribution in [2.75, 3.05) is 17.6 Å². The maximum Gasteiger partial charge on any atom is 0.225 e. The second-order valence-electron chi connectivity index (χ2n) is 2.94. The molecule has 15 heavy (non-hydrogen) atoms. The average molecular weight is 274 g/mol. The third-order valence-electron chi connectivity index (χ3n) is 1.60. The molecule has 0 saturated heterocycles. The average Bonchev–Trinajstić information content (AvgIpc) is 2.10. The van der Waals surface area contributed by atoms with Gasteiger partial charge in [0.2, 0.25) is 11.9 Å². The highest BCUT2D eigenvalue weighted by Crippen LogP contribution is 2.12. The van der Waals surface area contributed by atoms with Gasteiger partial charge in [0, 0.05) is 19.0 Å². The van der Waals surface area contributed by atoms with Gasteiger partial charge in [-0.25, -0.2) is 4.98 Å². The third kappa shape index (κ3) is 4.59. The smallest absolute Gasteiger partial charge is 0.225 e. The molecule has 1 amide bonds. The molecule has 0 fully saturated rings. The van der Waals surface area contributed by atoms with Gasteiger partial charge in [-0.1, -0.05) is 0 Å². The first-order valence-electron chi connectivity index (χ1n) is 4.40. The molecule has 6 nitrogen and oxygen atoms in total. The van der Waals surface area contributed by atoms with E-state index in [2.05, 4.69) is 31.2 Å². The summed E-state index contributed by atoms with van der Waals surface area (Å²) >= 11 is 3.20. The molecule has 0 aliphatic carbocycles. The van der Waals surface area contributed by atoms with Crippen LogP contribution in [0.5, 0.6) is 0 Å². The molecular formula is C8H12BrN5O. The van der Waals surface area contributed by atoms with Gasteiger partial charge in [-0.2, -0.15) is 4.98 Å². The minimum Gasteiger partial charge on any atom is -0.383 e. The maximum atomic E-state index is 10.5. The van der Waals surface area contributed by atoms with Crippen LogP contribution >= 0.6 is 15.9 Å². The molecule has 0 radical (unpaired) electrons. The van der Waals surface area contributed by atoms with E-state index in [9.17, 15) is 4.79 Å². The number of hydrogen-bond acceptors (Lipinski definition) is 5. The van der Waals surface area contributed by atoms with Crippen molar-refractivity contribution < 1.29 is 4.79 Å². The first kappa shape index (κ1) is 11.7. The van der Waals surface area contributed by atoms with E-state index in [0.29, 0.717) is 35.8 Å². The summed E-state index contributed by atoms with van der Waals surface area (Å²) < 4.78 is 0.618. The van der Waals surface area contributed by atoms with Crippen LogP contribution in [0.25, 0.3) is 0 Å². The zero-order chi connectivity index (χ0) is 11.3. The summed E-state index contributed by atoms with van der Waals surface area (Å²) in [6.45, 7) is 0.582. The topological polar surface area (TPSA) is 107 Å².